The fourth-order valence-electron chi connectivity index (χ4n) is 2.36. The summed E-state index contributed by atoms with van der Waals surface area (Å²) in [4.78, 5) is 28.7. The van der Waals surface area contributed by atoms with E-state index in [0.717, 1.165) is 12.8 Å². The van der Waals surface area contributed by atoms with Gasteiger partial charge in [-0.1, -0.05) is 24.9 Å². The van der Waals surface area contributed by atoms with Gasteiger partial charge in [0.2, 0.25) is 5.91 Å². The molecule has 22 heavy (non-hydrogen) atoms. The number of hydrogen-bond donors (Lipinski definition) is 1. The molecule has 1 amide bonds. The summed E-state index contributed by atoms with van der Waals surface area (Å²) < 4.78 is 1.47. The molecule has 1 N–H and O–H groups in total. The second-order valence-corrected chi connectivity index (χ2v) is 5.82. The van der Waals surface area contributed by atoms with Gasteiger partial charge in [-0.05, 0) is 31.5 Å². The molecule has 0 fully saturated rings. The largest absolute Gasteiger partial charge is 0.346 e. The van der Waals surface area contributed by atoms with Gasteiger partial charge in [-0.2, -0.15) is 0 Å². The quantitative estimate of drug-likeness (QED) is 0.920. The molecule has 0 saturated carbocycles. The Balaban J connectivity index is 2.36. The summed E-state index contributed by atoms with van der Waals surface area (Å²) in [6.45, 7) is 3.86. The molecule has 1 aromatic heterocycles. The van der Waals surface area contributed by atoms with Gasteiger partial charge in [0.25, 0.3) is 5.56 Å². The smallest absolute Gasteiger partial charge is 0.261 e. The Morgan fingerprint density at radius 2 is 2.18 bits per heavy atom. The Morgan fingerprint density at radius 3 is 2.86 bits per heavy atom. The van der Waals surface area contributed by atoms with Gasteiger partial charge in [-0.25, -0.2) is 4.98 Å². The van der Waals surface area contributed by atoms with E-state index in [1.807, 2.05) is 13.8 Å². The Labute approximate surface area is 134 Å². The molecule has 0 bridgehead atoms. The zero-order valence-corrected chi connectivity index (χ0v) is 13.8. The predicted molar refractivity (Wildman–Crippen MR) is 88.1 cm³/mol. The SMILES string of the molecule is CCCCC(=O)NC(C)c1nc2cc(Cl)ccc2c(=O)n1C. The van der Waals surface area contributed by atoms with Crippen LogP contribution in [0.1, 0.15) is 45.0 Å². The molecular formula is C16H20ClN3O2. The number of aromatic nitrogens is 2. The number of nitrogens with zero attached hydrogens (tertiary/aromatic N) is 2. The van der Waals surface area contributed by atoms with E-state index < -0.39 is 0 Å². The van der Waals surface area contributed by atoms with Crippen LogP contribution in [0.15, 0.2) is 23.0 Å². The van der Waals surface area contributed by atoms with Gasteiger partial charge < -0.3 is 5.32 Å². The van der Waals surface area contributed by atoms with Crippen LogP contribution in [0.4, 0.5) is 0 Å². The zero-order valence-electron chi connectivity index (χ0n) is 13.0. The molecule has 1 heterocycles. The molecule has 118 valence electrons. The summed E-state index contributed by atoms with van der Waals surface area (Å²) >= 11 is 5.97. The zero-order chi connectivity index (χ0) is 16.3. The lowest BCUT2D eigenvalue weighted by atomic mass is 10.2. The van der Waals surface area contributed by atoms with Crippen LogP contribution in [0.3, 0.4) is 0 Å². The minimum absolute atomic E-state index is 0.0326. The van der Waals surface area contributed by atoms with Crippen LogP contribution in [0.5, 0.6) is 0 Å². The van der Waals surface area contributed by atoms with Gasteiger partial charge >= 0.3 is 0 Å². The molecule has 0 aliphatic carbocycles. The van der Waals surface area contributed by atoms with E-state index in [1.165, 1.54) is 4.57 Å². The van der Waals surface area contributed by atoms with Crippen LogP contribution in [0, 0.1) is 0 Å². The first-order valence-corrected chi connectivity index (χ1v) is 7.77. The highest BCUT2D eigenvalue weighted by atomic mass is 35.5. The van der Waals surface area contributed by atoms with E-state index in [4.69, 9.17) is 11.6 Å². The maximum absolute atomic E-state index is 12.4. The van der Waals surface area contributed by atoms with E-state index in [0.29, 0.717) is 28.2 Å². The average Bonchev–Trinajstić information content (AvgIpc) is 2.48. The van der Waals surface area contributed by atoms with Crippen LogP contribution in [-0.2, 0) is 11.8 Å². The van der Waals surface area contributed by atoms with E-state index in [1.54, 1.807) is 25.2 Å². The molecule has 2 rings (SSSR count). The predicted octanol–water partition coefficient (Wildman–Crippen LogP) is 2.95. The topological polar surface area (TPSA) is 64.0 Å². The van der Waals surface area contributed by atoms with Gasteiger partial charge in [-0.3, -0.25) is 14.2 Å². The molecule has 0 aliphatic heterocycles. The second-order valence-electron chi connectivity index (χ2n) is 5.39. The molecule has 0 aliphatic rings. The molecule has 6 heteroatoms. The van der Waals surface area contributed by atoms with Gasteiger partial charge in [0.1, 0.15) is 5.82 Å². The van der Waals surface area contributed by atoms with Crippen molar-refractivity contribution < 1.29 is 4.79 Å². The normalized spacial score (nSPS) is 12.4. The highest BCUT2D eigenvalue weighted by Gasteiger charge is 2.16. The van der Waals surface area contributed by atoms with E-state index in [2.05, 4.69) is 10.3 Å². The maximum atomic E-state index is 12.4. The molecule has 0 radical (unpaired) electrons. The minimum atomic E-state index is -0.342. The highest BCUT2D eigenvalue weighted by molar-refractivity contribution is 6.31. The molecular weight excluding hydrogens is 302 g/mol. The summed E-state index contributed by atoms with van der Waals surface area (Å²) in [5, 5.41) is 3.92. The van der Waals surface area contributed by atoms with Crippen molar-refractivity contribution in [3.05, 3.63) is 39.4 Å². The summed E-state index contributed by atoms with van der Waals surface area (Å²) in [6.07, 6.45) is 2.29. The van der Waals surface area contributed by atoms with Gasteiger partial charge in [0.05, 0.1) is 16.9 Å². The monoisotopic (exact) mass is 321 g/mol. The lowest BCUT2D eigenvalue weighted by Crippen LogP contribution is -2.32. The van der Waals surface area contributed by atoms with Gasteiger partial charge in [0, 0.05) is 18.5 Å². The second kappa shape index (κ2) is 6.92. The summed E-state index contributed by atoms with van der Waals surface area (Å²) in [5.41, 5.74) is 0.395. The molecule has 5 nitrogen and oxygen atoms in total. The Morgan fingerprint density at radius 1 is 1.45 bits per heavy atom. The highest BCUT2D eigenvalue weighted by Crippen LogP contribution is 2.17. The molecule has 1 unspecified atom stereocenters. The third kappa shape index (κ3) is 3.47. The van der Waals surface area contributed by atoms with Crippen molar-refractivity contribution in [3.8, 4) is 0 Å². The van der Waals surface area contributed by atoms with Crippen molar-refractivity contribution in [3.63, 3.8) is 0 Å². The van der Waals surface area contributed by atoms with Gasteiger partial charge in [0.15, 0.2) is 0 Å². The number of carbonyl (C=O) groups is 1. The fourth-order valence-corrected chi connectivity index (χ4v) is 2.53. The Bertz CT molecular complexity index is 755. The molecule has 1 aromatic carbocycles. The van der Waals surface area contributed by atoms with Crippen LogP contribution in [0.25, 0.3) is 10.9 Å². The van der Waals surface area contributed by atoms with Gasteiger partial charge in [-0.15, -0.1) is 0 Å². The summed E-state index contributed by atoms with van der Waals surface area (Å²) in [5.74, 6) is 0.486. The van der Waals surface area contributed by atoms with Crippen molar-refractivity contribution >= 4 is 28.4 Å². The number of rotatable bonds is 5. The first-order chi connectivity index (χ1) is 10.4. The van der Waals surface area contributed by atoms with Crippen molar-refractivity contribution in [2.24, 2.45) is 7.05 Å². The lowest BCUT2D eigenvalue weighted by Gasteiger charge is -2.17. The third-order valence-electron chi connectivity index (χ3n) is 3.60. The number of hydrogen-bond acceptors (Lipinski definition) is 3. The van der Waals surface area contributed by atoms with E-state index in [-0.39, 0.29) is 17.5 Å². The van der Waals surface area contributed by atoms with Crippen molar-refractivity contribution in [1.82, 2.24) is 14.9 Å². The number of benzene rings is 1. The number of amides is 1. The van der Waals surface area contributed by atoms with Crippen LogP contribution < -0.4 is 10.9 Å². The van der Waals surface area contributed by atoms with Crippen LogP contribution in [-0.4, -0.2) is 15.5 Å². The summed E-state index contributed by atoms with van der Waals surface area (Å²) in [6, 6.07) is 4.66. The van der Waals surface area contributed by atoms with Crippen LogP contribution >= 0.6 is 11.6 Å². The van der Waals surface area contributed by atoms with Crippen molar-refractivity contribution in [2.45, 2.75) is 39.2 Å². The first-order valence-electron chi connectivity index (χ1n) is 7.39. The Kier molecular flexibility index (Phi) is 5.19. The number of nitrogens with one attached hydrogen (secondary N) is 1. The van der Waals surface area contributed by atoms with Crippen LogP contribution in [0.2, 0.25) is 5.02 Å². The molecule has 0 spiro atoms. The molecule has 0 saturated heterocycles. The average molecular weight is 322 g/mol. The van der Waals surface area contributed by atoms with E-state index in [9.17, 15) is 9.59 Å². The number of unbranched alkanes of at least 4 members (excludes halogenated alkanes) is 1. The maximum Gasteiger partial charge on any atom is 0.261 e. The lowest BCUT2D eigenvalue weighted by molar-refractivity contribution is -0.121. The molecule has 2 aromatic rings. The standard InChI is InChI=1S/C16H20ClN3O2/c1-4-5-6-14(21)18-10(2)15-19-13-9-11(17)7-8-12(13)16(22)20(15)3/h7-10H,4-6H2,1-3H3,(H,18,21). The first kappa shape index (κ1) is 16.5. The number of carbonyl (C=O) groups excluding carboxylic acids is 1. The minimum Gasteiger partial charge on any atom is -0.346 e. The number of fused-ring (bicyclic) bond motifs is 1. The third-order valence-corrected chi connectivity index (χ3v) is 3.83. The summed E-state index contributed by atoms with van der Waals surface area (Å²) in [7, 11) is 1.66. The van der Waals surface area contributed by atoms with Crippen molar-refractivity contribution in [2.75, 3.05) is 0 Å². The Hall–Kier alpha value is -1.88. The van der Waals surface area contributed by atoms with E-state index >= 15 is 0 Å². The fraction of sp³-hybridized carbons (Fsp3) is 0.438. The number of halogens is 1. The van der Waals surface area contributed by atoms with Crippen molar-refractivity contribution in [1.29, 1.82) is 0 Å². The molecule has 1 atom stereocenters.